The predicted octanol–water partition coefficient (Wildman–Crippen LogP) is 3.13. The minimum absolute atomic E-state index is 0.442. The van der Waals surface area contributed by atoms with Gasteiger partial charge in [0, 0.05) is 31.0 Å². The number of aromatic nitrogens is 2. The third kappa shape index (κ3) is 3.48. The molecule has 2 atom stereocenters. The summed E-state index contributed by atoms with van der Waals surface area (Å²) < 4.78 is 5.00. The van der Waals surface area contributed by atoms with Crippen molar-refractivity contribution in [1.82, 2.24) is 14.9 Å². The van der Waals surface area contributed by atoms with E-state index in [0.717, 1.165) is 12.5 Å². The molecule has 0 saturated carbocycles. The molecule has 1 aromatic heterocycles. The van der Waals surface area contributed by atoms with Crippen LogP contribution in [0.5, 0.6) is 6.01 Å². The SMILES string of the molecule is CCC(C)C1(C)CCCN(Cc2cnc(OC)nc2)C1. The Kier molecular flexibility index (Phi) is 4.97. The highest BCUT2D eigenvalue weighted by molar-refractivity contribution is 5.07. The van der Waals surface area contributed by atoms with E-state index in [1.165, 1.54) is 37.9 Å². The first-order valence-corrected chi connectivity index (χ1v) is 7.64. The molecule has 0 N–H and O–H groups in total. The maximum Gasteiger partial charge on any atom is 0.316 e. The van der Waals surface area contributed by atoms with E-state index < -0.39 is 0 Å². The van der Waals surface area contributed by atoms with Crippen LogP contribution in [0.2, 0.25) is 0 Å². The van der Waals surface area contributed by atoms with Crippen LogP contribution >= 0.6 is 0 Å². The van der Waals surface area contributed by atoms with Crippen LogP contribution in [0.1, 0.15) is 45.6 Å². The van der Waals surface area contributed by atoms with Gasteiger partial charge in [-0.05, 0) is 30.7 Å². The van der Waals surface area contributed by atoms with Gasteiger partial charge in [-0.15, -0.1) is 0 Å². The zero-order chi connectivity index (χ0) is 14.6. The van der Waals surface area contributed by atoms with Gasteiger partial charge in [-0.1, -0.05) is 27.2 Å². The Morgan fingerprint density at radius 3 is 2.70 bits per heavy atom. The summed E-state index contributed by atoms with van der Waals surface area (Å²) in [6, 6.07) is 0.442. The summed E-state index contributed by atoms with van der Waals surface area (Å²) >= 11 is 0. The van der Waals surface area contributed by atoms with Gasteiger partial charge in [-0.25, -0.2) is 9.97 Å². The van der Waals surface area contributed by atoms with E-state index in [9.17, 15) is 0 Å². The lowest BCUT2D eigenvalue weighted by atomic mass is 9.71. The quantitative estimate of drug-likeness (QED) is 0.829. The van der Waals surface area contributed by atoms with Crippen molar-refractivity contribution in [2.75, 3.05) is 20.2 Å². The Morgan fingerprint density at radius 1 is 1.40 bits per heavy atom. The van der Waals surface area contributed by atoms with E-state index >= 15 is 0 Å². The van der Waals surface area contributed by atoms with Crippen molar-refractivity contribution in [2.24, 2.45) is 11.3 Å². The lowest BCUT2D eigenvalue weighted by molar-refractivity contribution is 0.0504. The second kappa shape index (κ2) is 6.53. The van der Waals surface area contributed by atoms with Crippen LogP contribution in [0.4, 0.5) is 0 Å². The third-order valence-electron chi connectivity index (χ3n) is 4.88. The molecule has 112 valence electrons. The topological polar surface area (TPSA) is 38.2 Å². The Balaban J connectivity index is 1.98. The van der Waals surface area contributed by atoms with Crippen LogP contribution in [0.3, 0.4) is 0 Å². The molecule has 1 aliphatic rings. The van der Waals surface area contributed by atoms with Crippen LogP contribution in [-0.2, 0) is 6.54 Å². The molecule has 0 amide bonds. The summed E-state index contributed by atoms with van der Waals surface area (Å²) in [6.07, 6.45) is 7.65. The fourth-order valence-electron chi connectivity index (χ4n) is 3.19. The van der Waals surface area contributed by atoms with Gasteiger partial charge in [0.05, 0.1) is 7.11 Å². The van der Waals surface area contributed by atoms with E-state index in [4.69, 9.17) is 4.74 Å². The number of piperidine rings is 1. The van der Waals surface area contributed by atoms with Crippen LogP contribution in [0.25, 0.3) is 0 Å². The molecule has 20 heavy (non-hydrogen) atoms. The molecule has 1 aliphatic heterocycles. The number of hydrogen-bond donors (Lipinski definition) is 0. The highest BCUT2D eigenvalue weighted by Gasteiger charge is 2.34. The number of ether oxygens (including phenoxy) is 1. The van der Waals surface area contributed by atoms with Crippen molar-refractivity contribution in [3.05, 3.63) is 18.0 Å². The zero-order valence-corrected chi connectivity index (χ0v) is 13.2. The fourth-order valence-corrected chi connectivity index (χ4v) is 3.19. The molecule has 0 radical (unpaired) electrons. The number of likely N-dealkylation sites (tertiary alicyclic amines) is 1. The lowest BCUT2D eigenvalue weighted by Crippen LogP contribution is -2.44. The van der Waals surface area contributed by atoms with E-state index in [1.54, 1.807) is 7.11 Å². The number of hydrogen-bond acceptors (Lipinski definition) is 4. The molecular formula is C16H27N3O. The van der Waals surface area contributed by atoms with Crippen molar-refractivity contribution >= 4 is 0 Å². The molecule has 4 nitrogen and oxygen atoms in total. The predicted molar refractivity (Wildman–Crippen MR) is 80.7 cm³/mol. The van der Waals surface area contributed by atoms with Crippen LogP contribution in [0.15, 0.2) is 12.4 Å². The van der Waals surface area contributed by atoms with Gasteiger partial charge in [0.2, 0.25) is 0 Å². The van der Waals surface area contributed by atoms with Crippen LogP contribution in [0, 0.1) is 11.3 Å². The highest BCUT2D eigenvalue weighted by atomic mass is 16.5. The van der Waals surface area contributed by atoms with Crippen LogP contribution < -0.4 is 4.74 Å². The Labute approximate surface area is 122 Å². The molecule has 2 heterocycles. The summed E-state index contributed by atoms with van der Waals surface area (Å²) in [5.74, 6) is 0.775. The summed E-state index contributed by atoms with van der Waals surface area (Å²) in [6.45, 7) is 10.4. The lowest BCUT2D eigenvalue weighted by Gasteiger charge is -2.44. The first-order valence-electron chi connectivity index (χ1n) is 7.64. The number of rotatable bonds is 5. The molecule has 1 aromatic rings. The van der Waals surface area contributed by atoms with Gasteiger partial charge >= 0.3 is 6.01 Å². The molecule has 1 saturated heterocycles. The van der Waals surface area contributed by atoms with Gasteiger partial charge in [-0.3, -0.25) is 4.90 Å². The smallest absolute Gasteiger partial charge is 0.316 e. The Bertz CT molecular complexity index is 420. The number of methoxy groups -OCH3 is 1. The number of nitrogens with zero attached hydrogens (tertiary/aromatic N) is 3. The van der Waals surface area contributed by atoms with Crippen LogP contribution in [-0.4, -0.2) is 35.1 Å². The average Bonchev–Trinajstić information content (AvgIpc) is 2.47. The normalized spacial score (nSPS) is 25.4. The highest BCUT2D eigenvalue weighted by Crippen LogP contribution is 2.38. The summed E-state index contributed by atoms with van der Waals surface area (Å²) in [7, 11) is 1.59. The largest absolute Gasteiger partial charge is 0.467 e. The summed E-state index contributed by atoms with van der Waals surface area (Å²) in [4.78, 5) is 10.9. The van der Waals surface area contributed by atoms with Gasteiger partial charge in [0.25, 0.3) is 0 Å². The minimum atomic E-state index is 0.442. The zero-order valence-electron chi connectivity index (χ0n) is 13.2. The van der Waals surface area contributed by atoms with Crippen molar-refractivity contribution in [2.45, 2.75) is 46.6 Å². The maximum absolute atomic E-state index is 5.00. The third-order valence-corrected chi connectivity index (χ3v) is 4.88. The van der Waals surface area contributed by atoms with E-state index in [-0.39, 0.29) is 0 Å². The van der Waals surface area contributed by atoms with Crippen molar-refractivity contribution < 1.29 is 4.74 Å². The van der Waals surface area contributed by atoms with Gasteiger partial charge in [0.15, 0.2) is 0 Å². The van der Waals surface area contributed by atoms with Gasteiger partial charge in [0.1, 0.15) is 0 Å². The second-order valence-corrected chi connectivity index (χ2v) is 6.36. The Morgan fingerprint density at radius 2 is 2.10 bits per heavy atom. The molecular weight excluding hydrogens is 250 g/mol. The molecule has 2 unspecified atom stereocenters. The maximum atomic E-state index is 5.00. The molecule has 0 bridgehead atoms. The molecule has 0 aliphatic carbocycles. The molecule has 2 rings (SSSR count). The summed E-state index contributed by atoms with van der Waals surface area (Å²) in [5, 5.41) is 0. The fraction of sp³-hybridized carbons (Fsp3) is 0.750. The minimum Gasteiger partial charge on any atom is -0.467 e. The van der Waals surface area contributed by atoms with Crippen molar-refractivity contribution in [3.8, 4) is 6.01 Å². The monoisotopic (exact) mass is 277 g/mol. The van der Waals surface area contributed by atoms with Crippen molar-refractivity contribution in [3.63, 3.8) is 0 Å². The van der Waals surface area contributed by atoms with E-state index in [1.807, 2.05) is 12.4 Å². The molecule has 4 heteroatoms. The molecule has 0 spiro atoms. The van der Waals surface area contributed by atoms with Gasteiger partial charge < -0.3 is 4.74 Å². The van der Waals surface area contributed by atoms with Crippen molar-refractivity contribution in [1.29, 1.82) is 0 Å². The summed E-state index contributed by atoms with van der Waals surface area (Å²) in [5.41, 5.74) is 1.61. The first-order chi connectivity index (χ1) is 9.57. The first kappa shape index (κ1) is 15.2. The molecule has 1 fully saturated rings. The standard InChI is InChI=1S/C16H27N3O/c1-5-13(2)16(3)7-6-8-19(12-16)11-14-9-17-15(20-4)18-10-14/h9-10,13H,5-8,11-12H2,1-4H3. The second-order valence-electron chi connectivity index (χ2n) is 6.36. The van der Waals surface area contributed by atoms with Gasteiger partial charge in [-0.2, -0.15) is 0 Å². The molecule has 0 aromatic carbocycles. The van der Waals surface area contributed by atoms with E-state index in [2.05, 4.69) is 35.6 Å². The Hall–Kier alpha value is -1.16. The van der Waals surface area contributed by atoms with E-state index in [0.29, 0.717) is 11.4 Å². The average molecular weight is 277 g/mol.